The van der Waals surface area contributed by atoms with Gasteiger partial charge in [0.1, 0.15) is 11.8 Å². The van der Waals surface area contributed by atoms with Gasteiger partial charge < -0.3 is 9.47 Å². The number of rotatable bonds is 11. The Bertz CT molecular complexity index is 1030. The molecule has 1 atom stereocenters. The van der Waals surface area contributed by atoms with Crippen molar-refractivity contribution >= 4 is 39.6 Å². The van der Waals surface area contributed by atoms with Crippen LogP contribution in [0.1, 0.15) is 16.8 Å². The van der Waals surface area contributed by atoms with E-state index in [0.29, 0.717) is 11.5 Å². The first kappa shape index (κ1) is 25.4. The average Bonchev–Trinajstić information content (AvgIpc) is 2.80. The molecule has 0 saturated heterocycles. The summed E-state index contributed by atoms with van der Waals surface area (Å²) in [5.74, 6) is -1.38. The number of thioether (sulfide) groups is 1. The number of benzene rings is 2. The SMILES string of the molecule is COc1ccc(C(=O)NC(=O)COC(=O)C(CCSC)NS(=O)(=O)c2ccccc2)cc1. The highest BCUT2D eigenvalue weighted by atomic mass is 32.2. The highest BCUT2D eigenvalue weighted by Gasteiger charge is 2.27. The zero-order valence-corrected chi connectivity index (χ0v) is 19.2. The van der Waals surface area contributed by atoms with Crippen LogP contribution < -0.4 is 14.8 Å². The third-order valence-electron chi connectivity index (χ3n) is 4.20. The van der Waals surface area contributed by atoms with Crippen LogP contribution in [0, 0.1) is 0 Å². The maximum Gasteiger partial charge on any atom is 0.324 e. The first-order valence-corrected chi connectivity index (χ1v) is 12.4. The van der Waals surface area contributed by atoms with Crippen molar-refractivity contribution in [3.05, 3.63) is 60.2 Å². The summed E-state index contributed by atoms with van der Waals surface area (Å²) in [6.45, 7) is -0.733. The normalized spacial score (nSPS) is 11.9. The summed E-state index contributed by atoms with van der Waals surface area (Å²) in [5, 5.41) is 2.11. The molecule has 2 aromatic rings. The summed E-state index contributed by atoms with van der Waals surface area (Å²) in [5.41, 5.74) is 0.221. The number of carbonyl (C=O) groups excluding carboxylic acids is 3. The van der Waals surface area contributed by atoms with Crippen LogP contribution in [0.15, 0.2) is 59.5 Å². The Kier molecular flexibility index (Phi) is 9.69. The predicted octanol–water partition coefficient (Wildman–Crippen LogP) is 1.59. The number of amides is 2. The van der Waals surface area contributed by atoms with Gasteiger partial charge in [-0.25, -0.2) is 8.42 Å². The van der Waals surface area contributed by atoms with E-state index in [1.54, 1.807) is 30.3 Å². The lowest BCUT2D eigenvalue weighted by molar-refractivity contribution is -0.150. The van der Waals surface area contributed by atoms with E-state index in [2.05, 4.69) is 10.0 Å². The molecule has 0 spiro atoms. The van der Waals surface area contributed by atoms with Crippen molar-refractivity contribution < 1.29 is 32.3 Å². The van der Waals surface area contributed by atoms with Crippen LogP contribution in [0.5, 0.6) is 5.75 Å². The molecular weight excluding hydrogens is 456 g/mol. The first-order chi connectivity index (χ1) is 15.3. The van der Waals surface area contributed by atoms with Gasteiger partial charge in [-0.2, -0.15) is 16.5 Å². The number of esters is 1. The summed E-state index contributed by atoms with van der Waals surface area (Å²) >= 11 is 1.43. The monoisotopic (exact) mass is 480 g/mol. The maximum atomic E-state index is 12.5. The van der Waals surface area contributed by atoms with Gasteiger partial charge in [-0.15, -0.1) is 0 Å². The van der Waals surface area contributed by atoms with Crippen molar-refractivity contribution in [1.82, 2.24) is 10.0 Å². The van der Waals surface area contributed by atoms with E-state index in [9.17, 15) is 22.8 Å². The molecule has 2 amide bonds. The molecule has 2 N–H and O–H groups in total. The van der Waals surface area contributed by atoms with E-state index >= 15 is 0 Å². The Balaban J connectivity index is 1.95. The van der Waals surface area contributed by atoms with Crippen molar-refractivity contribution in [2.75, 3.05) is 25.7 Å². The third-order valence-corrected chi connectivity index (χ3v) is 6.33. The van der Waals surface area contributed by atoms with Crippen molar-refractivity contribution in [2.24, 2.45) is 0 Å². The Morgan fingerprint density at radius 1 is 1.03 bits per heavy atom. The third kappa shape index (κ3) is 7.66. The summed E-state index contributed by atoms with van der Waals surface area (Å²) in [6.07, 6.45) is 1.98. The fraction of sp³-hybridized carbons (Fsp3) is 0.286. The van der Waals surface area contributed by atoms with E-state index in [-0.39, 0.29) is 16.9 Å². The highest BCUT2D eigenvalue weighted by molar-refractivity contribution is 7.98. The van der Waals surface area contributed by atoms with Crippen molar-refractivity contribution in [2.45, 2.75) is 17.4 Å². The molecule has 2 aromatic carbocycles. The topological polar surface area (TPSA) is 128 Å². The number of imide groups is 1. The van der Waals surface area contributed by atoms with Crippen LogP contribution in [0.25, 0.3) is 0 Å². The summed E-state index contributed by atoms with van der Waals surface area (Å²) in [6, 6.07) is 12.5. The van der Waals surface area contributed by atoms with E-state index in [0.717, 1.165) is 0 Å². The fourth-order valence-corrected chi connectivity index (χ4v) is 4.24. The molecule has 9 nitrogen and oxygen atoms in total. The fourth-order valence-electron chi connectivity index (χ4n) is 2.53. The van der Waals surface area contributed by atoms with Crippen LogP contribution in [-0.4, -0.2) is 58.0 Å². The lowest BCUT2D eigenvalue weighted by Gasteiger charge is -2.17. The van der Waals surface area contributed by atoms with Gasteiger partial charge in [0.25, 0.3) is 11.8 Å². The zero-order valence-electron chi connectivity index (χ0n) is 17.6. The van der Waals surface area contributed by atoms with Gasteiger partial charge in [0.15, 0.2) is 6.61 Å². The number of ether oxygens (including phenoxy) is 2. The molecule has 172 valence electrons. The zero-order chi connectivity index (χ0) is 23.6. The minimum atomic E-state index is -3.96. The Morgan fingerprint density at radius 3 is 2.28 bits per heavy atom. The number of hydrogen-bond acceptors (Lipinski definition) is 8. The predicted molar refractivity (Wildman–Crippen MR) is 120 cm³/mol. The largest absolute Gasteiger partial charge is 0.497 e. The second-order valence-electron chi connectivity index (χ2n) is 6.48. The molecule has 2 rings (SSSR count). The summed E-state index contributed by atoms with van der Waals surface area (Å²) in [7, 11) is -2.47. The molecule has 0 fully saturated rings. The number of carbonyl (C=O) groups is 3. The Labute approximate surface area is 190 Å². The van der Waals surface area contributed by atoms with Gasteiger partial charge >= 0.3 is 5.97 Å². The van der Waals surface area contributed by atoms with E-state index < -0.39 is 40.5 Å². The molecule has 0 aliphatic carbocycles. The Hall–Kier alpha value is -2.89. The lowest BCUT2D eigenvalue weighted by Crippen LogP contribution is -2.43. The maximum absolute atomic E-state index is 12.5. The second kappa shape index (κ2) is 12.2. The van der Waals surface area contributed by atoms with E-state index in [1.807, 2.05) is 6.26 Å². The first-order valence-electron chi connectivity index (χ1n) is 9.48. The van der Waals surface area contributed by atoms with Crippen LogP contribution in [-0.2, 0) is 24.3 Å². The highest BCUT2D eigenvalue weighted by Crippen LogP contribution is 2.12. The molecule has 32 heavy (non-hydrogen) atoms. The lowest BCUT2D eigenvalue weighted by atomic mass is 10.2. The number of sulfonamides is 1. The van der Waals surface area contributed by atoms with Gasteiger partial charge in [-0.05, 0) is 54.8 Å². The average molecular weight is 481 g/mol. The van der Waals surface area contributed by atoms with Gasteiger partial charge in [-0.1, -0.05) is 18.2 Å². The van der Waals surface area contributed by atoms with Crippen molar-refractivity contribution in [3.8, 4) is 5.75 Å². The summed E-state index contributed by atoms with van der Waals surface area (Å²) in [4.78, 5) is 36.6. The van der Waals surface area contributed by atoms with Crippen LogP contribution in [0.4, 0.5) is 0 Å². The Morgan fingerprint density at radius 2 is 1.69 bits per heavy atom. The van der Waals surface area contributed by atoms with Gasteiger partial charge in [-0.3, -0.25) is 19.7 Å². The molecule has 0 aliphatic rings. The van der Waals surface area contributed by atoms with E-state index in [1.165, 1.54) is 43.1 Å². The quantitative estimate of drug-likeness (QED) is 0.464. The van der Waals surface area contributed by atoms with Gasteiger partial charge in [0, 0.05) is 5.56 Å². The van der Waals surface area contributed by atoms with Crippen LogP contribution >= 0.6 is 11.8 Å². The number of hydrogen-bond donors (Lipinski definition) is 2. The second-order valence-corrected chi connectivity index (χ2v) is 9.18. The number of nitrogens with one attached hydrogen (secondary N) is 2. The molecule has 0 aliphatic heterocycles. The van der Waals surface area contributed by atoms with Crippen molar-refractivity contribution in [1.29, 1.82) is 0 Å². The molecule has 0 radical (unpaired) electrons. The van der Waals surface area contributed by atoms with Crippen molar-refractivity contribution in [3.63, 3.8) is 0 Å². The minimum absolute atomic E-state index is 0.00443. The smallest absolute Gasteiger partial charge is 0.324 e. The minimum Gasteiger partial charge on any atom is -0.497 e. The van der Waals surface area contributed by atoms with Gasteiger partial charge in [0.2, 0.25) is 10.0 Å². The molecule has 0 heterocycles. The molecule has 11 heteroatoms. The molecular formula is C21H24N2O7S2. The standard InChI is InChI=1S/C21H24N2O7S2/c1-29-16-10-8-15(9-11-16)20(25)22-19(24)14-30-21(26)18(12-13-31-2)23-32(27,28)17-6-4-3-5-7-17/h3-11,18,23H,12-14H2,1-2H3,(H,22,24,25). The van der Waals surface area contributed by atoms with Gasteiger partial charge in [0.05, 0.1) is 12.0 Å². The van der Waals surface area contributed by atoms with Crippen LogP contribution in [0.3, 0.4) is 0 Å². The molecule has 0 saturated carbocycles. The molecule has 1 unspecified atom stereocenters. The summed E-state index contributed by atoms with van der Waals surface area (Å²) < 4.78 is 37.4. The molecule has 0 bridgehead atoms. The van der Waals surface area contributed by atoms with Crippen LogP contribution in [0.2, 0.25) is 0 Å². The van der Waals surface area contributed by atoms with E-state index in [4.69, 9.17) is 9.47 Å². The number of methoxy groups -OCH3 is 1. The molecule has 0 aromatic heterocycles.